The lowest BCUT2D eigenvalue weighted by molar-refractivity contribution is -0.133. The molecule has 2 heterocycles. The Morgan fingerprint density at radius 1 is 1.17 bits per heavy atom. The van der Waals surface area contributed by atoms with Crippen molar-refractivity contribution < 1.29 is 14.6 Å². The van der Waals surface area contributed by atoms with Crippen molar-refractivity contribution >= 4 is 34.3 Å². The molecule has 0 saturated heterocycles. The number of hydrogen-bond acceptors (Lipinski definition) is 6. The predicted molar refractivity (Wildman–Crippen MR) is 117 cm³/mol. The van der Waals surface area contributed by atoms with Crippen LogP contribution in [0.2, 0.25) is 0 Å². The average Bonchev–Trinajstić information content (AvgIpc) is 3.36. The van der Waals surface area contributed by atoms with Crippen molar-refractivity contribution in [2.45, 2.75) is 5.16 Å². The fourth-order valence-electron chi connectivity index (χ4n) is 3.13. The van der Waals surface area contributed by atoms with E-state index in [9.17, 15) is 9.90 Å². The number of rotatable bonds is 6. The number of thioether (sulfide) groups is 1. The van der Waals surface area contributed by atoms with E-state index in [4.69, 9.17) is 4.74 Å². The molecule has 0 amide bonds. The van der Waals surface area contributed by atoms with Gasteiger partial charge >= 0.3 is 5.97 Å². The molecule has 0 aliphatic rings. The molecule has 0 aliphatic carbocycles. The van der Waals surface area contributed by atoms with Gasteiger partial charge in [0.05, 0.1) is 35.8 Å². The minimum Gasteiger partial charge on any atom is -0.510 e. The molecule has 4 rings (SSSR count). The van der Waals surface area contributed by atoms with Gasteiger partial charge in [-0.25, -0.2) is 14.8 Å². The van der Waals surface area contributed by atoms with E-state index in [0.29, 0.717) is 10.7 Å². The van der Waals surface area contributed by atoms with Gasteiger partial charge in [0.2, 0.25) is 0 Å². The normalized spacial score (nSPS) is 12.1. The summed E-state index contributed by atoms with van der Waals surface area (Å²) in [5.41, 5.74) is 3.50. The first-order valence-corrected chi connectivity index (χ1v) is 10.2. The zero-order chi connectivity index (χ0) is 21.1. The fourth-order valence-corrected chi connectivity index (χ4v) is 3.96. The molecule has 0 spiro atoms. The number of imidazole rings is 2. The van der Waals surface area contributed by atoms with Crippen LogP contribution >= 0.6 is 11.8 Å². The molecule has 0 radical (unpaired) electrons. The second-order valence-electron chi connectivity index (χ2n) is 6.56. The molecule has 0 aliphatic heterocycles. The molecule has 4 aromatic rings. The Morgan fingerprint density at radius 2 is 1.90 bits per heavy atom. The van der Waals surface area contributed by atoms with Crippen molar-refractivity contribution in [2.75, 3.05) is 12.9 Å². The maximum absolute atomic E-state index is 12.4. The number of nitrogens with zero attached hydrogens (tertiary/aromatic N) is 3. The van der Waals surface area contributed by atoms with Gasteiger partial charge in [-0.1, -0.05) is 54.2 Å². The first kappa shape index (κ1) is 19.8. The predicted octanol–water partition coefficient (Wildman–Crippen LogP) is 4.20. The van der Waals surface area contributed by atoms with Crippen LogP contribution in [0.25, 0.3) is 27.9 Å². The quantitative estimate of drug-likeness (QED) is 0.210. The van der Waals surface area contributed by atoms with Crippen molar-refractivity contribution in [2.24, 2.45) is 7.05 Å². The molecule has 0 bridgehead atoms. The third kappa shape index (κ3) is 3.81. The number of fused-ring (bicyclic) bond motifs is 1. The molecular formula is C22H20N4O3S. The van der Waals surface area contributed by atoms with Gasteiger partial charge in [-0.15, -0.1) is 0 Å². The lowest BCUT2D eigenvalue weighted by Crippen LogP contribution is -2.10. The number of aromatic amines is 1. The zero-order valence-corrected chi connectivity index (χ0v) is 17.3. The van der Waals surface area contributed by atoms with Gasteiger partial charge in [-0.2, -0.15) is 0 Å². The molecule has 30 heavy (non-hydrogen) atoms. The van der Waals surface area contributed by atoms with Crippen molar-refractivity contribution in [3.05, 3.63) is 72.4 Å². The largest absolute Gasteiger partial charge is 0.510 e. The van der Waals surface area contributed by atoms with Crippen molar-refractivity contribution in [3.63, 3.8) is 0 Å². The molecule has 7 nitrogen and oxygen atoms in total. The summed E-state index contributed by atoms with van der Waals surface area (Å²) in [6.45, 7) is 0. The van der Waals surface area contributed by atoms with Crippen LogP contribution in [0.4, 0.5) is 0 Å². The summed E-state index contributed by atoms with van der Waals surface area (Å²) in [5, 5.41) is 11.4. The number of esters is 1. The highest BCUT2D eigenvalue weighted by Gasteiger charge is 2.22. The molecule has 0 unspecified atom stereocenters. The van der Waals surface area contributed by atoms with Crippen molar-refractivity contribution in [3.8, 4) is 11.3 Å². The van der Waals surface area contributed by atoms with Gasteiger partial charge in [0.15, 0.2) is 5.16 Å². The van der Waals surface area contributed by atoms with Crippen molar-refractivity contribution in [1.29, 1.82) is 0 Å². The Hall–Kier alpha value is -3.52. The number of aromatic nitrogens is 4. The van der Waals surface area contributed by atoms with Crippen LogP contribution in [0, 0.1) is 0 Å². The highest BCUT2D eigenvalue weighted by Crippen LogP contribution is 2.28. The minimum absolute atomic E-state index is 0.0127. The van der Waals surface area contributed by atoms with E-state index in [1.54, 1.807) is 6.20 Å². The highest BCUT2D eigenvalue weighted by molar-refractivity contribution is 7.99. The van der Waals surface area contributed by atoms with E-state index < -0.39 is 5.97 Å². The molecule has 152 valence electrons. The number of methoxy groups -OCH3 is 1. The van der Waals surface area contributed by atoms with Gasteiger partial charge in [0, 0.05) is 7.05 Å². The van der Waals surface area contributed by atoms with Crippen LogP contribution in [-0.4, -0.2) is 43.5 Å². The lowest BCUT2D eigenvalue weighted by Gasteiger charge is -2.08. The number of nitrogens with one attached hydrogen (secondary N) is 1. The van der Waals surface area contributed by atoms with Gasteiger partial charge in [0.1, 0.15) is 17.2 Å². The molecule has 0 atom stereocenters. The second-order valence-corrected chi connectivity index (χ2v) is 7.50. The van der Waals surface area contributed by atoms with Crippen LogP contribution < -0.4 is 0 Å². The van der Waals surface area contributed by atoms with Gasteiger partial charge in [-0.3, -0.25) is 0 Å². The third-order valence-corrected chi connectivity index (χ3v) is 5.71. The fraction of sp³-hybridized carbons (Fsp3) is 0.136. The molecular weight excluding hydrogens is 400 g/mol. The Balaban J connectivity index is 1.62. The summed E-state index contributed by atoms with van der Waals surface area (Å²) in [5.74, 6) is -0.376. The molecule has 0 fully saturated rings. The smallest absolute Gasteiger partial charge is 0.345 e. The second kappa shape index (κ2) is 8.46. The van der Waals surface area contributed by atoms with E-state index in [-0.39, 0.29) is 22.9 Å². The van der Waals surface area contributed by atoms with Gasteiger partial charge < -0.3 is 19.4 Å². The molecule has 2 N–H and O–H groups in total. The standard InChI is InChI=1S/C22H20N4O3S/c1-26-17(14-8-4-3-5-9-14)12-23-22(26)30-13-18(27)19(21(28)29-2)20-24-15-10-6-7-11-16(15)25-20/h3-12,27H,13H2,1-2H3,(H,24,25)/b19-18+. The summed E-state index contributed by atoms with van der Waals surface area (Å²) in [4.78, 5) is 24.3. The summed E-state index contributed by atoms with van der Waals surface area (Å²) in [7, 11) is 3.19. The van der Waals surface area contributed by atoms with Crippen LogP contribution in [0.3, 0.4) is 0 Å². The van der Waals surface area contributed by atoms with E-state index in [2.05, 4.69) is 15.0 Å². The number of para-hydroxylation sites is 2. The lowest BCUT2D eigenvalue weighted by atomic mass is 10.2. The van der Waals surface area contributed by atoms with E-state index in [1.165, 1.54) is 18.9 Å². The van der Waals surface area contributed by atoms with Crippen LogP contribution in [0.1, 0.15) is 5.82 Å². The third-order valence-electron chi connectivity index (χ3n) is 4.66. The number of ether oxygens (including phenoxy) is 1. The Morgan fingerprint density at radius 3 is 2.63 bits per heavy atom. The number of H-pyrrole nitrogens is 1. The monoisotopic (exact) mass is 420 g/mol. The Kier molecular flexibility index (Phi) is 5.58. The maximum atomic E-state index is 12.4. The summed E-state index contributed by atoms with van der Waals surface area (Å²) in [6.07, 6.45) is 1.79. The topological polar surface area (TPSA) is 93.0 Å². The number of aliphatic hydroxyl groups is 1. The van der Waals surface area contributed by atoms with Crippen LogP contribution in [-0.2, 0) is 16.6 Å². The number of aliphatic hydroxyl groups excluding tert-OH is 1. The van der Waals surface area contributed by atoms with E-state index in [1.807, 2.05) is 66.2 Å². The van der Waals surface area contributed by atoms with Gasteiger partial charge in [-0.05, 0) is 17.7 Å². The number of carbonyl (C=O) groups excluding carboxylic acids is 1. The average molecular weight is 420 g/mol. The number of benzene rings is 2. The summed E-state index contributed by atoms with van der Waals surface area (Å²) in [6, 6.07) is 17.3. The Bertz CT molecular complexity index is 1190. The highest BCUT2D eigenvalue weighted by atomic mass is 32.2. The Labute approximate surface area is 177 Å². The van der Waals surface area contributed by atoms with Crippen molar-refractivity contribution in [1.82, 2.24) is 19.5 Å². The van der Waals surface area contributed by atoms with E-state index in [0.717, 1.165) is 16.8 Å². The number of carbonyl (C=O) groups is 1. The first-order chi connectivity index (χ1) is 14.6. The van der Waals surface area contributed by atoms with Crippen LogP contribution in [0.15, 0.2) is 71.7 Å². The summed E-state index contributed by atoms with van der Waals surface area (Å²) < 4.78 is 6.83. The van der Waals surface area contributed by atoms with E-state index >= 15 is 0 Å². The minimum atomic E-state index is -0.656. The molecule has 2 aromatic carbocycles. The molecule has 2 aromatic heterocycles. The molecule has 8 heteroatoms. The van der Waals surface area contributed by atoms with Gasteiger partial charge in [0.25, 0.3) is 0 Å². The van der Waals surface area contributed by atoms with Crippen LogP contribution in [0.5, 0.6) is 0 Å². The number of hydrogen-bond donors (Lipinski definition) is 2. The zero-order valence-electron chi connectivity index (χ0n) is 16.5. The summed E-state index contributed by atoms with van der Waals surface area (Å²) >= 11 is 1.32. The SMILES string of the molecule is COC(=O)/C(=C(/O)CSc1ncc(-c2ccccc2)n1C)c1nc2ccccc2[nH]1. The molecule has 0 saturated carbocycles. The maximum Gasteiger partial charge on any atom is 0.345 e. The first-order valence-electron chi connectivity index (χ1n) is 9.24.